The number of esters is 1. The van der Waals surface area contributed by atoms with E-state index in [2.05, 4.69) is 5.32 Å². The van der Waals surface area contributed by atoms with Crippen molar-refractivity contribution in [1.82, 2.24) is 5.32 Å². The zero-order valence-electron chi connectivity index (χ0n) is 11.1. The van der Waals surface area contributed by atoms with Crippen molar-refractivity contribution < 1.29 is 14.3 Å². The first kappa shape index (κ1) is 15.0. The molecule has 5 nitrogen and oxygen atoms in total. The van der Waals surface area contributed by atoms with Gasteiger partial charge < -0.3 is 15.8 Å². The zero-order valence-corrected chi connectivity index (χ0v) is 11.1. The minimum Gasteiger partial charge on any atom is -0.466 e. The number of hydrogen-bond acceptors (Lipinski definition) is 4. The number of carbonyl (C=O) groups is 2. The lowest BCUT2D eigenvalue weighted by Crippen LogP contribution is -2.26. The van der Waals surface area contributed by atoms with Crippen LogP contribution in [-0.2, 0) is 20.7 Å². The first-order chi connectivity index (χ1) is 9.11. The maximum atomic E-state index is 11.6. The summed E-state index contributed by atoms with van der Waals surface area (Å²) < 4.78 is 4.79. The van der Waals surface area contributed by atoms with Crippen LogP contribution < -0.4 is 11.1 Å². The zero-order chi connectivity index (χ0) is 14.1. The van der Waals surface area contributed by atoms with Gasteiger partial charge in [0.05, 0.1) is 13.0 Å². The Bertz CT molecular complexity index is 432. The molecule has 0 bridgehead atoms. The van der Waals surface area contributed by atoms with Crippen LogP contribution in [0, 0.1) is 0 Å². The second kappa shape index (κ2) is 8.13. The molecule has 1 aromatic rings. The van der Waals surface area contributed by atoms with E-state index in [1.54, 1.807) is 19.1 Å². The highest BCUT2D eigenvalue weighted by molar-refractivity contribution is 5.78. The molecule has 0 aliphatic heterocycles. The van der Waals surface area contributed by atoms with E-state index < -0.39 is 0 Å². The van der Waals surface area contributed by atoms with Gasteiger partial charge >= 0.3 is 5.97 Å². The number of amides is 1. The molecule has 0 aliphatic rings. The fourth-order valence-corrected chi connectivity index (χ4v) is 1.64. The van der Waals surface area contributed by atoms with Crippen molar-refractivity contribution in [2.75, 3.05) is 18.9 Å². The predicted molar refractivity (Wildman–Crippen MR) is 73.4 cm³/mol. The highest BCUT2D eigenvalue weighted by Crippen LogP contribution is 2.06. The number of benzene rings is 1. The van der Waals surface area contributed by atoms with Crippen molar-refractivity contribution in [2.24, 2.45) is 0 Å². The SMILES string of the molecule is CCOC(=O)CCCNC(=O)Cc1cccc(N)c1. The lowest BCUT2D eigenvalue weighted by molar-refractivity contribution is -0.143. The van der Waals surface area contributed by atoms with Crippen molar-refractivity contribution in [1.29, 1.82) is 0 Å². The lowest BCUT2D eigenvalue weighted by Gasteiger charge is -2.06. The van der Waals surface area contributed by atoms with Crippen LogP contribution in [0.4, 0.5) is 5.69 Å². The minimum atomic E-state index is -0.229. The van der Waals surface area contributed by atoms with E-state index in [1.807, 2.05) is 12.1 Å². The number of ether oxygens (including phenoxy) is 1. The van der Waals surface area contributed by atoms with Crippen molar-refractivity contribution in [3.8, 4) is 0 Å². The summed E-state index contributed by atoms with van der Waals surface area (Å²) in [4.78, 5) is 22.7. The van der Waals surface area contributed by atoms with Crippen LogP contribution in [0.5, 0.6) is 0 Å². The third-order valence-electron chi connectivity index (χ3n) is 2.50. The maximum Gasteiger partial charge on any atom is 0.305 e. The summed E-state index contributed by atoms with van der Waals surface area (Å²) in [5, 5.41) is 2.76. The van der Waals surface area contributed by atoms with Gasteiger partial charge in [-0.05, 0) is 31.0 Å². The summed E-state index contributed by atoms with van der Waals surface area (Å²) in [6.07, 6.45) is 1.21. The second-order valence-corrected chi connectivity index (χ2v) is 4.18. The molecule has 0 saturated heterocycles. The Morgan fingerprint density at radius 2 is 2.16 bits per heavy atom. The highest BCUT2D eigenvalue weighted by atomic mass is 16.5. The number of rotatable bonds is 7. The summed E-state index contributed by atoms with van der Waals surface area (Å²) in [6.45, 7) is 2.63. The number of carbonyl (C=O) groups excluding carboxylic acids is 2. The first-order valence-corrected chi connectivity index (χ1v) is 6.38. The van der Waals surface area contributed by atoms with Crippen molar-refractivity contribution in [3.63, 3.8) is 0 Å². The average molecular weight is 264 g/mol. The molecule has 5 heteroatoms. The Kier molecular flexibility index (Phi) is 6.43. The number of hydrogen-bond donors (Lipinski definition) is 2. The molecule has 0 heterocycles. The molecule has 3 N–H and O–H groups in total. The van der Waals surface area contributed by atoms with Gasteiger partial charge in [-0.25, -0.2) is 0 Å². The van der Waals surface area contributed by atoms with Crippen LogP contribution >= 0.6 is 0 Å². The number of anilines is 1. The Hall–Kier alpha value is -2.04. The molecule has 0 unspecified atom stereocenters. The van der Waals surface area contributed by atoms with Crippen LogP contribution in [0.15, 0.2) is 24.3 Å². The Morgan fingerprint density at radius 1 is 1.37 bits per heavy atom. The van der Waals surface area contributed by atoms with Crippen molar-refractivity contribution >= 4 is 17.6 Å². The molecule has 0 radical (unpaired) electrons. The lowest BCUT2D eigenvalue weighted by atomic mass is 10.1. The number of nitrogens with one attached hydrogen (secondary N) is 1. The van der Waals surface area contributed by atoms with Gasteiger partial charge in [0.2, 0.25) is 5.91 Å². The van der Waals surface area contributed by atoms with Crippen LogP contribution in [-0.4, -0.2) is 25.0 Å². The predicted octanol–water partition coefficient (Wildman–Crippen LogP) is 1.27. The molecule has 1 amide bonds. The van der Waals surface area contributed by atoms with Gasteiger partial charge in [0.15, 0.2) is 0 Å². The molecule has 19 heavy (non-hydrogen) atoms. The molecule has 0 saturated carbocycles. The summed E-state index contributed by atoms with van der Waals surface area (Å²) in [7, 11) is 0. The van der Waals surface area contributed by atoms with Gasteiger partial charge in [-0.15, -0.1) is 0 Å². The maximum absolute atomic E-state index is 11.6. The molecule has 0 spiro atoms. The molecule has 0 atom stereocenters. The van der Waals surface area contributed by atoms with E-state index in [0.717, 1.165) is 5.56 Å². The topological polar surface area (TPSA) is 81.4 Å². The largest absolute Gasteiger partial charge is 0.466 e. The van der Waals surface area contributed by atoms with E-state index in [1.165, 1.54) is 0 Å². The van der Waals surface area contributed by atoms with Gasteiger partial charge in [-0.2, -0.15) is 0 Å². The molecule has 1 rings (SSSR count). The van der Waals surface area contributed by atoms with Crippen LogP contribution in [0.1, 0.15) is 25.3 Å². The third kappa shape index (κ3) is 6.45. The molecule has 1 aromatic carbocycles. The standard InChI is InChI=1S/C14H20N2O3/c1-2-19-14(18)7-4-8-16-13(17)10-11-5-3-6-12(15)9-11/h3,5-6,9H,2,4,7-8,10,15H2,1H3,(H,16,17). The van der Waals surface area contributed by atoms with Gasteiger partial charge in [-0.1, -0.05) is 12.1 Å². The van der Waals surface area contributed by atoms with Crippen molar-refractivity contribution in [3.05, 3.63) is 29.8 Å². The quantitative estimate of drug-likeness (QED) is 0.441. The normalized spacial score (nSPS) is 9.95. The monoisotopic (exact) mass is 264 g/mol. The summed E-state index contributed by atoms with van der Waals surface area (Å²) in [5.41, 5.74) is 7.16. The molecule has 0 aromatic heterocycles. The molecular weight excluding hydrogens is 244 g/mol. The fourth-order valence-electron chi connectivity index (χ4n) is 1.64. The number of nitrogens with two attached hydrogens (primary N) is 1. The molecule has 104 valence electrons. The third-order valence-corrected chi connectivity index (χ3v) is 2.50. The Balaban J connectivity index is 2.20. The first-order valence-electron chi connectivity index (χ1n) is 6.38. The van der Waals surface area contributed by atoms with E-state index in [4.69, 9.17) is 10.5 Å². The second-order valence-electron chi connectivity index (χ2n) is 4.18. The van der Waals surface area contributed by atoms with E-state index in [9.17, 15) is 9.59 Å². The van der Waals surface area contributed by atoms with Crippen LogP contribution in [0.2, 0.25) is 0 Å². The van der Waals surface area contributed by atoms with E-state index >= 15 is 0 Å². The van der Waals surface area contributed by atoms with Crippen LogP contribution in [0.25, 0.3) is 0 Å². The van der Waals surface area contributed by atoms with Crippen LogP contribution in [0.3, 0.4) is 0 Å². The fraction of sp³-hybridized carbons (Fsp3) is 0.429. The minimum absolute atomic E-state index is 0.0746. The smallest absolute Gasteiger partial charge is 0.305 e. The van der Waals surface area contributed by atoms with Gasteiger partial charge in [-0.3, -0.25) is 9.59 Å². The Labute approximate surface area is 113 Å². The van der Waals surface area contributed by atoms with E-state index in [0.29, 0.717) is 38.1 Å². The summed E-state index contributed by atoms with van der Waals surface area (Å²) >= 11 is 0. The summed E-state index contributed by atoms with van der Waals surface area (Å²) in [5.74, 6) is -0.304. The molecule has 0 aliphatic carbocycles. The van der Waals surface area contributed by atoms with Gasteiger partial charge in [0.25, 0.3) is 0 Å². The average Bonchev–Trinajstić information content (AvgIpc) is 2.35. The number of nitrogen functional groups attached to an aromatic ring is 1. The summed E-state index contributed by atoms with van der Waals surface area (Å²) in [6, 6.07) is 7.23. The highest BCUT2D eigenvalue weighted by Gasteiger charge is 2.05. The van der Waals surface area contributed by atoms with Crippen molar-refractivity contribution in [2.45, 2.75) is 26.2 Å². The molecule has 0 fully saturated rings. The van der Waals surface area contributed by atoms with E-state index in [-0.39, 0.29) is 11.9 Å². The van der Waals surface area contributed by atoms with Gasteiger partial charge in [0, 0.05) is 18.7 Å². The molecular formula is C14H20N2O3. The Morgan fingerprint density at radius 3 is 2.84 bits per heavy atom. The van der Waals surface area contributed by atoms with Gasteiger partial charge in [0.1, 0.15) is 0 Å².